The monoisotopic (exact) mass is 536 g/mol. The summed E-state index contributed by atoms with van der Waals surface area (Å²) < 4.78 is 40.9. The minimum atomic E-state index is -3.46. The Morgan fingerprint density at radius 2 is 0.543 bits per heavy atom. The molecule has 6 unspecified atom stereocenters. The minimum absolute atomic E-state index is 0.0310. The Bertz CT molecular complexity index is 453. The molecule has 0 N–H and O–H groups in total. The summed E-state index contributed by atoms with van der Waals surface area (Å²) in [6.07, 6.45) is 4.97. The van der Waals surface area contributed by atoms with Crippen LogP contribution in [0.2, 0.25) is 4.66 Å². The van der Waals surface area contributed by atoms with Crippen molar-refractivity contribution in [3.63, 3.8) is 0 Å². The first-order chi connectivity index (χ1) is 16.2. The lowest BCUT2D eigenvalue weighted by Gasteiger charge is -2.52. The van der Waals surface area contributed by atoms with Gasteiger partial charge in [0.2, 0.25) is 0 Å². The lowest BCUT2D eigenvalue weighted by atomic mass is 10.3. The molecule has 0 aliphatic heterocycles. The highest BCUT2D eigenvalue weighted by Crippen LogP contribution is 2.52. The average Bonchev–Trinajstić information content (AvgIpc) is 2.82. The smallest absolute Gasteiger partial charge is 0.370 e. The molecule has 0 aliphatic carbocycles. The van der Waals surface area contributed by atoms with Crippen LogP contribution in [0.15, 0.2) is 0 Å². The first kappa shape index (κ1) is 35.2. The van der Waals surface area contributed by atoms with Gasteiger partial charge in [-0.25, -0.2) is 0 Å². The number of rotatable bonds is 20. The summed E-state index contributed by atoms with van der Waals surface area (Å²) in [7, 11) is -6.93. The summed E-state index contributed by atoms with van der Waals surface area (Å²) >= 11 is 0. The molecule has 35 heavy (non-hydrogen) atoms. The predicted octanol–water partition coefficient (Wildman–Crippen LogP) is 8.07. The van der Waals surface area contributed by atoms with Gasteiger partial charge in [0.1, 0.15) is 4.66 Å². The van der Waals surface area contributed by atoms with Crippen molar-refractivity contribution in [1.29, 1.82) is 0 Å². The van der Waals surface area contributed by atoms with Crippen molar-refractivity contribution in [1.82, 2.24) is 0 Å². The molecule has 0 aromatic heterocycles. The first-order valence-electron chi connectivity index (χ1n) is 14.3. The third-order valence-corrected chi connectivity index (χ3v) is 16.3. The quantitative estimate of drug-likeness (QED) is 0.147. The van der Waals surface area contributed by atoms with Gasteiger partial charge in [0.15, 0.2) is 0 Å². The number of hydrogen-bond donors (Lipinski definition) is 0. The molecule has 0 saturated carbocycles. The Morgan fingerprint density at radius 1 is 0.400 bits per heavy atom. The first-order valence-corrected chi connectivity index (χ1v) is 17.7. The van der Waals surface area contributed by atoms with Crippen LogP contribution >= 0.6 is 0 Å². The molecule has 0 spiro atoms. The van der Waals surface area contributed by atoms with Gasteiger partial charge >= 0.3 is 17.6 Å². The highest BCUT2D eigenvalue weighted by atomic mass is 28.5. The van der Waals surface area contributed by atoms with Gasteiger partial charge in [-0.3, -0.25) is 0 Å². The molecule has 212 valence electrons. The number of hydrogen-bond acceptors (Lipinski definition) is 6. The zero-order valence-electron chi connectivity index (χ0n) is 25.7. The van der Waals surface area contributed by atoms with Crippen LogP contribution in [0.25, 0.3) is 0 Å². The van der Waals surface area contributed by atoms with Gasteiger partial charge in [-0.15, -0.1) is 0 Å². The maximum absolute atomic E-state index is 6.94. The van der Waals surface area contributed by atoms with Crippen molar-refractivity contribution in [3.05, 3.63) is 0 Å². The van der Waals surface area contributed by atoms with Crippen molar-refractivity contribution < 1.29 is 26.6 Å². The molecule has 0 aliphatic rings. The Hall–Kier alpha value is 0.194. The fraction of sp³-hybridized carbons (Fsp3) is 1.00. The third kappa shape index (κ3) is 9.78. The molecule has 6 atom stereocenters. The van der Waals surface area contributed by atoms with Gasteiger partial charge in [0, 0.05) is 36.6 Å². The Balaban J connectivity index is 7.27. The Labute approximate surface area is 220 Å². The van der Waals surface area contributed by atoms with Crippen LogP contribution in [-0.2, 0) is 26.6 Å². The lowest BCUT2D eigenvalue weighted by Crippen LogP contribution is -2.72. The molecule has 0 rings (SSSR count). The van der Waals surface area contributed by atoms with Crippen molar-refractivity contribution in [2.45, 2.75) is 177 Å². The van der Waals surface area contributed by atoms with E-state index in [-0.39, 0.29) is 36.6 Å². The van der Waals surface area contributed by atoms with E-state index in [1.165, 1.54) is 0 Å². The van der Waals surface area contributed by atoms with Crippen LogP contribution in [0.1, 0.15) is 135 Å². The Morgan fingerprint density at radius 3 is 0.657 bits per heavy atom. The van der Waals surface area contributed by atoms with Crippen LogP contribution in [0, 0.1) is 0 Å². The van der Waals surface area contributed by atoms with E-state index < -0.39 is 22.3 Å². The van der Waals surface area contributed by atoms with Crippen molar-refractivity contribution >= 4 is 17.6 Å². The fourth-order valence-corrected chi connectivity index (χ4v) is 12.2. The summed E-state index contributed by atoms with van der Waals surface area (Å²) in [6.45, 7) is 29.7. The van der Waals surface area contributed by atoms with Crippen LogP contribution in [0.4, 0.5) is 0 Å². The van der Waals surface area contributed by atoms with E-state index in [1.807, 2.05) is 0 Å². The SMILES string of the molecule is CCC(C)O[Si](OC(C)CC)(OC(C)CC)C(C)(C)[Si](OC(C)CC)(OC(C)CC)OC(C)CC. The summed E-state index contributed by atoms with van der Waals surface area (Å²) in [5, 5.41) is 0. The van der Waals surface area contributed by atoms with E-state index >= 15 is 0 Å². The zero-order valence-corrected chi connectivity index (χ0v) is 27.7. The van der Waals surface area contributed by atoms with Crippen molar-refractivity contribution in [3.8, 4) is 0 Å². The molecule has 0 radical (unpaired) electrons. The van der Waals surface area contributed by atoms with Crippen LogP contribution < -0.4 is 0 Å². The molecule has 0 aromatic carbocycles. The highest BCUT2D eigenvalue weighted by molar-refractivity contribution is 6.85. The second-order valence-electron chi connectivity index (χ2n) is 10.8. The molecule has 0 bridgehead atoms. The molecule has 8 heteroatoms. The lowest BCUT2D eigenvalue weighted by molar-refractivity contribution is -0.0545. The summed E-state index contributed by atoms with van der Waals surface area (Å²) in [6, 6.07) is 0. The zero-order chi connectivity index (χ0) is 27.4. The second-order valence-corrected chi connectivity index (χ2v) is 17.4. The maximum atomic E-state index is 6.94. The summed E-state index contributed by atoms with van der Waals surface area (Å²) in [4.78, 5) is 0. The predicted molar refractivity (Wildman–Crippen MR) is 151 cm³/mol. The van der Waals surface area contributed by atoms with Crippen LogP contribution in [-0.4, -0.2) is 54.2 Å². The Kier molecular flexibility index (Phi) is 16.3. The van der Waals surface area contributed by atoms with Crippen LogP contribution in [0.3, 0.4) is 0 Å². The van der Waals surface area contributed by atoms with Gasteiger partial charge in [0.25, 0.3) is 0 Å². The van der Waals surface area contributed by atoms with Gasteiger partial charge in [-0.1, -0.05) is 55.4 Å². The average molecular weight is 537 g/mol. The molecule has 0 saturated heterocycles. The third-order valence-electron chi connectivity index (χ3n) is 7.12. The van der Waals surface area contributed by atoms with Crippen molar-refractivity contribution in [2.24, 2.45) is 0 Å². The summed E-state index contributed by atoms with van der Waals surface area (Å²) in [5.41, 5.74) is 0. The van der Waals surface area contributed by atoms with Gasteiger partial charge in [-0.2, -0.15) is 0 Å². The molecule has 0 heterocycles. The molecular weight excluding hydrogens is 476 g/mol. The van der Waals surface area contributed by atoms with Crippen LogP contribution in [0.5, 0.6) is 0 Å². The molecule has 0 fully saturated rings. The van der Waals surface area contributed by atoms with E-state index in [2.05, 4.69) is 96.9 Å². The van der Waals surface area contributed by atoms with Gasteiger partial charge < -0.3 is 26.6 Å². The minimum Gasteiger partial charge on any atom is -0.370 e. The normalized spacial score (nSPS) is 21.4. The highest BCUT2D eigenvalue weighted by Gasteiger charge is 2.74. The maximum Gasteiger partial charge on any atom is 0.512 e. The van der Waals surface area contributed by atoms with Crippen molar-refractivity contribution in [2.75, 3.05) is 0 Å². The second kappa shape index (κ2) is 16.2. The summed E-state index contributed by atoms with van der Waals surface area (Å²) in [5.74, 6) is 0. The largest absolute Gasteiger partial charge is 0.512 e. The van der Waals surface area contributed by atoms with E-state index in [9.17, 15) is 0 Å². The topological polar surface area (TPSA) is 55.4 Å². The molecule has 0 aromatic rings. The van der Waals surface area contributed by atoms with Gasteiger partial charge in [-0.05, 0) is 80.1 Å². The van der Waals surface area contributed by atoms with Gasteiger partial charge in [0.05, 0.1) is 0 Å². The van der Waals surface area contributed by atoms with E-state index in [1.54, 1.807) is 0 Å². The van der Waals surface area contributed by atoms with E-state index in [0.29, 0.717) is 0 Å². The van der Waals surface area contributed by atoms with E-state index in [0.717, 1.165) is 38.5 Å². The molecular formula is C27H60O6Si2. The molecule has 6 nitrogen and oxygen atoms in total. The standard InChI is InChI=1S/C27H60O6Si2/c1-15-21(7)28-34(29-22(8)16-2,30-23(9)17-3)27(13,14)35(31-24(10)18-4,32-25(11)19-5)33-26(12)20-6/h21-26H,15-20H2,1-14H3. The molecule has 0 amide bonds. The fourth-order valence-electron chi connectivity index (χ4n) is 3.33. The van der Waals surface area contributed by atoms with E-state index in [4.69, 9.17) is 26.6 Å².